The molecule has 1 unspecified atom stereocenters. The van der Waals surface area contributed by atoms with Crippen molar-refractivity contribution in [3.63, 3.8) is 0 Å². The van der Waals surface area contributed by atoms with Crippen LogP contribution in [0.15, 0.2) is 4.99 Å². The fourth-order valence-electron chi connectivity index (χ4n) is 3.65. The summed E-state index contributed by atoms with van der Waals surface area (Å²) in [4.78, 5) is 9.50. The first-order valence-electron chi connectivity index (χ1n) is 9.09. The van der Waals surface area contributed by atoms with Crippen LogP contribution in [0.25, 0.3) is 0 Å². The van der Waals surface area contributed by atoms with Gasteiger partial charge in [-0.1, -0.05) is 6.92 Å². The van der Waals surface area contributed by atoms with E-state index in [1.165, 1.54) is 32.4 Å². The molecule has 0 saturated carbocycles. The summed E-state index contributed by atoms with van der Waals surface area (Å²) in [5.41, 5.74) is 0. The Kier molecular flexibility index (Phi) is 10.5. The van der Waals surface area contributed by atoms with Gasteiger partial charge in [-0.15, -0.1) is 24.0 Å². The van der Waals surface area contributed by atoms with E-state index >= 15 is 0 Å². The van der Waals surface area contributed by atoms with Gasteiger partial charge >= 0.3 is 0 Å². The van der Waals surface area contributed by atoms with Gasteiger partial charge in [0, 0.05) is 39.3 Å². The smallest absolute Gasteiger partial charge is 0.193 e. The number of nitrogens with one attached hydrogen (secondary N) is 1. The molecule has 0 aromatic rings. The van der Waals surface area contributed by atoms with E-state index < -0.39 is 0 Å². The molecule has 0 bridgehead atoms. The zero-order valence-corrected chi connectivity index (χ0v) is 17.4. The number of piperidine rings is 1. The predicted octanol–water partition coefficient (Wildman–Crippen LogP) is 2.56. The zero-order valence-electron chi connectivity index (χ0n) is 15.1. The maximum Gasteiger partial charge on any atom is 0.193 e. The first-order valence-corrected chi connectivity index (χ1v) is 9.09. The number of hydrogen-bond acceptors (Lipinski definition) is 3. The Labute approximate surface area is 159 Å². The summed E-state index contributed by atoms with van der Waals surface area (Å²) in [6.07, 6.45) is 6.57. The third-order valence-electron chi connectivity index (χ3n) is 4.98. The van der Waals surface area contributed by atoms with Crippen molar-refractivity contribution in [2.45, 2.75) is 58.1 Å². The van der Waals surface area contributed by atoms with E-state index in [4.69, 9.17) is 4.74 Å². The van der Waals surface area contributed by atoms with Crippen LogP contribution in [0, 0.1) is 0 Å². The molecule has 2 aliphatic heterocycles. The molecule has 2 heterocycles. The molecule has 0 radical (unpaired) electrons. The molecule has 0 aromatic heterocycles. The highest BCUT2D eigenvalue weighted by atomic mass is 127. The van der Waals surface area contributed by atoms with Crippen LogP contribution in [0.4, 0.5) is 0 Å². The molecule has 2 fully saturated rings. The van der Waals surface area contributed by atoms with Crippen LogP contribution in [-0.2, 0) is 4.74 Å². The van der Waals surface area contributed by atoms with Crippen molar-refractivity contribution in [2.24, 2.45) is 4.99 Å². The number of hydrogen-bond donors (Lipinski definition) is 1. The summed E-state index contributed by atoms with van der Waals surface area (Å²) in [7, 11) is 1.90. The molecule has 23 heavy (non-hydrogen) atoms. The summed E-state index contributed by atoms with van der Waals surface area (Å²) in [6.45, 7) is 10.8. The largest absolute Gasteiger partial charge is 0.378 e. The molecule has 6 heteroatoms. The lowest BCUT2D eigenvalue weighted by atomic mass is 10.1. The van der Waals surface area contributed by atoms with Crippen molar-refractivity contribution in [3.8, 4) is 0 Å². The molecule has 2 rings (SSSR count). The third-order valence-corrected chi connectivity index (χ3v) is 4.98. The Hall–Kier alpha value is -0.0800. The van der Waals surface area contributed by atoms with Gasteiger partial charge in [0.05, 0.1) is 6.10 Å². The summed E-state index contributed by atoms with van der Waals surface area (Å²) in [5, 5.41) is 3.61. The molecule has 0 aliphatic carbocycles. The number of likely N-dealkylation sites (tertiary alicyclic amines) is 2. The monoisotopic (exact) mass is 438 g/mol. The van der Waals surface area contributed by atoms with Crippen LogP contribution >= 0.6 is 24.0 Å². The number of guanidine groups is 1. The van der Waals surface area contributed by atoms with E-state index in [0.717, 1.165) is 45.0 Å². The summed E-state index contributed by atoms with van der Waals surface area (Å²) in [6, 6.07) is 0.639. The van der Waals surface area contributed by atoms with E-state index in [1.54, 1.807) is 0 Å². The Balaban J connectivity index is 0.00000264. The van der Waals surface area contributed by atoms with Crippen LogP contribution in [0.1, 0.15) is 46.0 Å². The molecule has 5 nitrogen and oxygen atoms in total. The second kappa shape index (κ2) is 11.5. The second-order valence-electron chi connectivity index (χ2n) is 6.38. The van der Waals surface area contributed by atoms with Crippen molar-refractivity contribution in [3.05, 3.63) is 0 Å². The lowest BCUT2D eigenvalue weighted by Crippen LogP contribution is -2.50. The van der Waals surface area contributed by atoms with Gasteiger partial charge < -0.3 is 15.0 Å². The van der Waals surface area contributed by atoms with Gasteiger partial charge in [-0.3, -0.25) is 9.89 Å². The molecule has 1 N–H and O–H groups in total. The average molecular weight is 438 g/mol. The van der Waals surface area contributed by atoms with Crippen LogP contribution in [0.5, 0.6) is 0 Å². The minimum Gasteiger partial charge on any atom is -0.378 e. The quantitative estimate of drug-likeness (QED) is 0.393. The molecular weight excluding hydrogens is 403 g/mol. The van der Waals surface area contributed by atoms with Crippen molar-refractivity contribution in [2.75, 3.05) is 46.4 Å². The third kappa shape index (κ3) is 6.38. The Bertz CT molecular complexity index is 339. The van der Waals surface area contributed by atoms with Gasteiger partial charge in [0.1, 0.15) is 0 Å². The van der Waals surface area contributed by atoms with Crippen LogP contribution in [0.2, 0.25) is 0 Å². The maximum absolute atomic E-state index is 5.73. The summed E-state index contributed by atoms with van der Waals surface area (Å²) < 4.78 is 5.73. The molecular formula is C17H35IN4O. The Morgan fingerprint density at radius 3 is 2.35 bits per heavy atom. The van der Waals surface area contributed by atoms with Crippen molar-refractivity contribution < 1.29 is 4.74 Å². The van der Waals surface area contributed by atoms with Crippen LogP contribution < -0.4 is 5.32 Å². The van der Waals surface area contributed by atoms with E-state index in [-0.39, 0.29) is 24.0 Å². The highest BCUT2D eigenvalue weighted by Gasteiger charge is 2.24. The van der Waals surface area contributed by atoms with Gasteiger partial charge in [-0.05, 0) is 52.1 Å². The van der Waals surface area contributed by atoms with Gasteiger partial charge in [-0.2, -0.15) is 0 Å². The van der Waals surface area contributed by atoms with E-state index in [2.05, 4.69) is 34.0 Å². The fourth-order valence-corrected chi connectivity index (χ4v) is 3.65. The highest BCUT2D eigenvalue weighted by Crippen LogP contribution is 2.15. The topological polar surface area (TPSA) is 40.1 Å². The number of ether oxygens (including phenoxy) is 1. The summed E-state index contributed by atoms with van der Waals surface area (Å²) >= 11 is 0. The van der Waals surface area contributed by atoms with E-state index in [0.29, 0.717) is 12.1 Å². The number of rotatable bonds is 6. The average Bonchev–Trinajstić information content (AvgIpc) is 3.07. The Morgan fingerprint density at radius 1 is 1.17 bits per heavy atom. The highest BCUT2D eigenvalue weighted by molar-refractivity contribution is 14.0. The lowest BCUT2D eigenvalue weighted by molar-refractivity contribution is 0.0263. The van der Waals surface area contributed by atoms with Gasteiger partial charge in [-0.25, -0.2) is 0 Å². The van der Waals surface area contributed by atoms with Crippen molar-refractivity contribution >= 4 is 29.9 Å². The first kappa shape index (κ1) is 21.0. The number of aliphatic imine (C=N–C) groups is 1. The predicted molar refractivity (Wildman–Crippen MR) is 108 cm³/mol. The van der Waals surface area contributed by atoms with Crippen molar-refractivity contribution in [1.29, 1.82) is 0 Å². The van der Waals surface area contributed by atoms with E-state index in [9.17, 15) is 0 Å². The van der Waals surface area contributed by atoms with Crippen LogP contribution in [0.3, 0.4) is 0 Å². The lowest BCUT2D eigenvalue weighted by Gasteiger charge is -2.35. The minimum atomic E-state index is 0. The van der Waals surface area contributed by atoms with Crippen LogP contribution in [-0.4, -0.2) is 74.3 Å². The number of nitrogens with zero attached hydrogens (tertiary/aromatic N) is 3. The van der Waals surface area contributed by atoms with E-state index in [1.807, 2.05) is 7.05 Å². The normalized spacial score (nSPS) is 22.0. The molecule has 2 aliphatic rings. The van der Waals surface area contributed by atoms with Gasteiger partial charge in [0.2, 0.25) is 0 Å². The molecule has 0 spiro atoms. The second-order valence-corrected chi connectivity index (χ2v) is 6.38. The summed E-state index contributed by atoms with van der Waals surface area (Å²) in [5.74, 6) is 1.06. The molecule has 0 amide bonds. The SMILES string of the molecule is CCOC1CCN(C(=NC)NCC(CC)N2CCCC2)CC1.I. The Morgan fingerprint density at radius 2 is 1.83 bits per heavy atom. The molecule has 1 atom stereocenters. The van der Waals surface area contributed by atoms with Gasteiger partial charge in [0.15, 0.2) is 5.96 Å². The minimum absolute atomic E-state index is 0. The maximum atomic E-state index is 5.73. The van der Waals surface area contributed by atoms with Gasteiger partial charge in [0.25, 0.3) is 0 Å². The molecule has 136 valence electrons. The number of halogens is 1. The van der Waals surface area contributed by atoms with Crippen molar-refractivity contribution in [1.82, 2.24) is 15.1 Å². The first-order chi connectivity index (χ1) is 10.8. The molecule has 2 saturated heterocycles. The fraction of sp³-hybridized carbons (Fsp3) is 0.941. The molecule has 0 aromatic carbocycles. The standard InChI is InChI=1S/C17H34N4O.HI/c1-4-15(20-10-6-7-11-20)14-19-17(18-3)21-12-8-16(9-13-21)22-5-2;/h15-16H,4-14H2,1-3H3,(H,18,19);1H. The zero-order chi connectivity index (χ0) is 15.8.